The fourth-order valence-electron chi connectivity index (χ4n) is 9.67. The monoisotopic (exact) mass is 942 g/mol. The molecule has 69 heavy (non-hydrogen) atoms. The molecule has 18 heteroatoms. The number of nitrogens with zero attached hydrogens (tertiary/aromatic N) is 5. The lowest BCUT2D eigenvalue weighted by Gasteiger charge is -2.31. The molecule has 0 radical (unpaired) electrons. The number of alkyl halides is 1. The van der Waals surface area contributed by atoms with Crippen molar-refractivity contribution in [2.45, 2.75) is 90.4 Å². The minimum Gasteiger partial charge on any atom is -0.484 e. The first-order valence-corrected chi connectivity index (χ1v) is 23.6. The highest BCUT2D eigenvalue weighted by Gasteiger charge is 2.42. The lowest BCUT2D eigenvalue weighted by atomic mass is 10.0. The Kier molecular flexibility index (Phi) is 13.2. The Morgan fingerprint density at radius 3 is 2.33 bits per heavy atom. The molecule has 2 saturated heterocycles. The highest BCUT2D eigenvalue weighted by Crippen LogP contribution is 2.47. The van der Waals surface area contributed by atoms with Crippen LogP contribution in [0.2, 0.25) is 0 Å². The van der Waals surface area contributed by atoms with E-state index < -0.39 is 42.5 Å². The molecule has 0 saturated carbocycles. The molecule has 0 bridgehead atoms. The number of likely N-dealkylation sites (N-methyl/N-ethyl adjacent to an activating group) is 1. The van der Waals surface area contributed by atoms with Gasteiger partial charge in [-0.25, -0.2) is 19.2 Å². The van der Waals surface area contributed by atoms with Crippen molar-refractivity contribution in [3.05, 3.63) is 96.3 Å². The standard InChI is InChI=1S/C51H59FN10O7/c1-7-54-43(63)26-68-34-11-8-10-31(19-34)50-62-38-16-14-29(36-23-56-47(58-36)41-22-33(52)25-61(41)49(65)45(28(4)5)59-51(66)67-6)18-32(38)20-40(62)35-15-13-30(21-42(35)69-50)37-24-55-46(57-37)39-12-9-17-60(39)48(64)44(53)27(2)3/h8,10-11,13-16,18-21,23-24,27-28,33,39,41,44-45,50H,7,9,12,17,22,25-26,53H2,1-6H3,(H,54,63)(H,55,57)(H,56,58)(H,59,66). The molecule has 3 aliphatic heterocycles. The Bertz CT molecular complexity index is 2890. The second-order valence-corrected chi connectivity index (χ2v) is 18.7. The van der Waals surface area contributed by atoms with E-state index >= 15 is 4.39 Å². The van der Waals surface area contributed by atoms with E-state index in [0.717, 1.165) is 57.4 Å². The molecule has 6 heterocycles. The molecular formula is C51H59FN10O7. The van der Waals surface area contributed by atoms with Crippen LogP contribution in [0, 0.1) is 11.8 Å². The Balaban J connectivity index is 1.05. The molecule has 17 nitrogen and oxygen atoms in total. The zero-order valence-corrected chi connectivity index (χ0v) is 39.6. The lowest BCUT2D eigenvalue weighted by molar-refractivity contribution is -0.136. The number of imidazole rings is 2. The summed E-state index contributed by atoms with van der Waals surface area (Å²) in [6.45, 7) is 10.2. The van der Waals surface area contributed by atoms with Gasteiger partial charge in [0.2, 0.25) is 18.0 Å². The number of carbonyl (C=O) groups is 4. The van der Waals surface area contributed by atoms with Crippen LogP contribution in [-0.4, -0.2) is 110 Å². The number of rotatable bonds is 14. The van der Waals surface area contributed by atoms with Crippen LogP contribution in [0.25, 0.3) is 44.7 Å². The number of methoxy groups -OCH3 is 1. The summed E-state index contributed by atoms with van der Waals surface area (Å²) < 4.78 is 34.9. The van der Waals surface area contributed by atoms with Crippen LogP contribution in [0.5, 0.6) is 11.5 Å². The van der Waals surface area contributed by atoms with E-state index in [2.05, 4.69) is 42.3 Å². The van der Waals surface area contributed by atoms with E-state index in [1.165, 1.54) is 12.0 Å². The number of H-pyrrole nitrogens is 2. The number of fused-ring (bicyclic) bond motifs is 5. The first-order valence-electron chi connectivity index (χ1n) is 23.6. The number of likely N-dealkylation sites (tertiary alicyclic amines) is 2. The van der Waals surface area contributed by atoms with Gasteiger partial charge in [0.05, 0.1) is 66.8 Å². The molecular weight excluding hydrogens is 884 g/mol. The zero-order chi connectivity index (χ0) is 48.7. The number of hydrogen-bond donors (Lipinski definition) is 5. The minimum atomic E-state index is -1.27. The lowest BCUT2D eigenvalue weighted by Crippen LogP contribution is -2.51. The normalized spacial score (nSPS) is 19.6. The third-order valence-corrected chi connectivity index (χ3v) is 13.4. The van der Waals surface area contributed by atoms with Gasteiger partial charge in [-0.05, 0) is 74.1 Å². The third-order valence-electron chi connectivity index (χ3n) is 13.4. The molecule has 6 N–H and O–H groups in total. The van der Waals surface area contributed by atoms with Gasteiger partial charge >= 0.3 is 6.09 Å². The number of benzene rings is 3. The highest BCUT2D eigenvalue weighted by atomic mass is 19.1. The molecule has 6 unspecified atom stereocenters. The maximum atomic E-state index is 15.1. The van der Waals surface area contributed by atoms with E-state index in [9.17, 15) is 19.2 Å². The first kappa shape index (κ1) is 46.9. The summed E-state index contributed by atoms with van der Waals surface area (Å²) in [6.07, 6.45) is 2.53. The summed E-state index contributed by atoms with van der Waals surface area (Å²) in [4.78, 5) is 71.2. The van der Waals surface area contributed by atoms with Gasteiger partial charge in [0.1, 0.15) is 35.4 Å². The second-order valence-electron chi connectivity index (χ2n) is 18.7. The van der Waals surface area contributed by atoms with Crippen molar-refractivity contribution in [3.63, 3.8) is 0 Å². The fraction of sp³-hybridized carbons (Fsp3) is 0.412. The molecule has 9 rings (SSSR count). The van der Waals surface area contributed by atoms with Gasteiger partial charge in [0, 0.05) is 47.2 Å². The van der Waals surface area contributed by atoms with Crippen molar-refractivity contribution in [2.24, 2.45) is 17.6 Å². The molecule has 0 aliphatic carbocycles. The summed E-state index contributed by atoms with van der Waals surface area (Å²) in [5.41, 5.74) is 12.9. The van der Waals surface area contributed by atoms with Gasteiger partial charge in [-0.15, -0.1) is 0 Å². The molecule has 6 aromatic rings. The van der Waals surface area contributed by atoms with Gasteiger partial charge in [-0.1, -0.05) is 52.0 Å². The van der Waals surface area contributed by atoms with Gasteiger partial charge in [-0.3, -0.25) is 14.4 Å². The molecule has 2 fully saturated rings. The van der Waals surface area contributed by atoms with Crippen LogP contribution >= 0.6 is 0 Å². The zero-order valence-electron chi connectivity index (χ0n) is 39.6. The van der Waals surface area contributed by atoms with Crippen molar-refractivity contribution in [1.29, 1.82) is 0 Å². The van der Waals surface area contributed by atoms with Crippen LogP contribution in [0.1, 0.15) is 89.4 Å². The number of hydrogen-bond acceptors (Lipinski definition) is 10. The van der Waals surface area contributed by atoms with Crippen LogP contribution in [0.4, 0.5) is 9.18 Å². The molecule has 362 valence electrons. The van der Waals surface area contributed by atoms with Crippen molar-refractivity contribution in [1.82, 2.24) is 44.9 Å². The van der Waals surface area contributed by atoms with Crippen LogP contribution in [0.15, 0.2) is 79.1 Å². The summed E-state index contributed by atoms with van der Waals surface area (Å²) in [5.74, 6) is 1.34. The van der Waals surface area contributed by atoms with Gasteiger partial charge in [0.15, 0.2) is 6.61 Å². The molecule has 3 aromatic carbocycles. The third kappa shape index (κ3) is 9.24. The first-order chi connectivity index (χ1) is 33.2. The van der Waals surface area contributed by atoms with E-state index in [-0.39, 0.29) is 49.3 Å². The van der Waals surface area contributed by atoms with Crippen molar-refractivity contribution in [2.75, 3.05) is 33.4 Å². The number of nitrogens with one attached hydrogen (secondary N) is 4. The predicted octanol–water partition coefficient (Wildman–Crippen LogP) is 7.18. The highest BCUT2D eigenvalue weighted by molar-refractivity contribution is 5.93. The molecule has 0 spiro atoms. The van der Waals surface area contributed by atoms with Crippen molar-refractivity contribution in [3.8, 4) is 45.3 Å². The molecule has 3 aliphatic rings. The average Bonchev–Trinajstić information content (AvgIpc) is 4.21. The number of aromatic nitrogens is 5. The maximum absolute atomic E-state index is 15.1. The Morgan fingerprint density at radius 1 is 0.899 bits per heavy atom. The molecule has 4 amide bonds. The molecule has 3 aromatic heterocycles. The summed E-state index contributed by atoms with van der Waals surface area (Å²) in [7, 11) is 1.23. The number of alkyl carbamates (subject to hydrolysis) is 1. The van der Waals surface area contributed by atoms with E-state index in [4.69, 9.17) is 24.9 Å². The number of nitrogens with two attached hydrogens (primary N) is 1. The Hall–Kier alpha value is -7.21. The summed E-state index contributed by atoms with van der Waals surface area (Å²) in [5, 5.41) is 6.29. The Morgan fingerprint density at radius 2 is 1.62 bits per heavy atom. The van der Waals surface area contributed by atoms with Crippen LogP contribution in [-0.2, 0) is 19.1 Å². The fourth-order valence-corrected chi connectivity index (χ4v) is 9.67. The van der Waals surface area contributed by atoms with E-state index in [0.29, 0.717) is 41.9 Å². The number of carbonyl (C=O) groups excluding carboxylic acids is 4. The van der Waals surface area contributed by atoms with Crippen LogP contribution in [0.3, 0.4) is 0 Å². The van der Waals surface area contributed by atoms with Gasteiger partial charge < -0.3 is 54.9 Å². The van der Waals surface area contributed by atoms with Gasteiger partial charge in [-0.2, -0.15) is 0 Å². The Labute approximate surface area is 399 Å². The van der Waals surface area contributed by atoms with E-state index in [1.807, 2.05) is 74.2 Å². The SMILES string of the molecule is CCNC(=O)COc1cccc(C2Oc3cc(-c4cnc(C5CCCN5C(=O)C(N)C(C)C)[nH]4)ccc3-c3cc4cc(-c5cnc(C6CC(F)CN6C(=O)C(NC(=O)OC)C(C)C)[nH]5)ccc4n32)c1. The smallest absolute Gasteiger partial charge is 0.407 e. The number of halogens is 1. The summed E-state index contributed by atoms with van der Waals surface area (Å²) >= 11 is 0. The topological polar surface area (TPSA) is 215 Å². The summed E-state index contributed by atoms with van der Waals surface area (Å²) in [6, 6.07) is 19.4. The largest absolute Gasteiger partial charge is 0.484 e. The van der Waals surface area contributed by atoms with E-state index in [1.54, 1.807) is 32.3 Å². The second kappa shape index (κ2) is 19.4. The number of amides is 4. The maximum Gasteiger partial charge on any atom is 0.407 e. The van der Waals surface area contributed by atoms with Crippen molar-refractivity contribution >= 4 is 34.7 Å². The molecule has 6 atom stereocenters. The average molecular weight is 943 g/mol. The van der Waals surface area contributed by atoms with Gasteiger partial charge in [0.25, 0.3) is 5.91 Å². The van der Waals surface area contributed by atoms with Crippen LogP contribution < -0.4 is 25.8 Å². The van der Waals surface area contributed by atoms with Crippen molar-refractivity contribution < 1.29 is 37.8 Å². The predicted molar refractivity (Wildman–Crippen MR) is 257 cm³/mol. The number of ether oxygens (including phenoxy) is 3. The quantitative estimate of drug-likeness (QED) is 0.0742. The number of aromatic amines is 2. The minimum absolute atomic E-state index is 0.0160.